The van der Waals surface area contributed by atoms with Gasteiger partial charge in [-0.1, -0.05) is 162 Å². The fourth-order valence-electron chi connectivity index (χ4n) is 12.7. The summed E-state index contributed by atoms with van der Waals surface area (Å²) in [4.78, 5) is 4.93. The first-order chi connectivity index (χ1) is 33.4. The molecule has 0 spiro atoms. The van der Waals surface area contributed by atoms with E-state index in [1.54, 1.807) is 11.1 Å². The van der Waals surface area contributed by atoms with Crippen molar-refractivity contribution in [2.75, 3.05) is 9.80 Å². The minimum atomic E-state index is 0.669. The maximum atomic E-state index is 2.51. The largest absolute Gasteiger partial charge is 0.311 e. The molecule has 68 heavy (non-hydrogen) atoms. The average molecular weight is 903 g/mol. The van der Waals surface area contributed by atoms with Gasteiger partial charge in [0.15, 0.2) is 0 Å². The number of hydrogen-bond donors (Lipinski definition) is 0. The van der Waals surface area contributed by atoms with E-state index in [0.717, 1.165) is 23.7 Å². The van der Waals surface area contributed by atoms with Gasteiger partial charge in [0.05, 0.1) is 0 Å². The van der Waals surface area contributed by atoms with Crippen molar-refractivity contribution in [3.8, 4) is 0 Å². The van der Waals surface area contributed by atoms with E-state index >= 15 is 0 Å². The number of anilines is 6. The van der Waals surface area contributed by atoms with Crippen LogP contribution in [-0.4, -0.2) is 0 Å². The zero-order chi connectivity index (χ0) is 46.7. The third kappa shape index (κ3) is 12.0. The topological polar surface area (TPSA) is 6.48 Å². The van der Waals surface area contributed by atoms with Crippen molar-refractivity contribution in [1.29, 1.82) is 0 Å². The third-order valence-corrected chi connectivity index (χ3v) is 16.9. The molecule has 2 heteroatoms. The molecule has 6 aromatic rings. The molecule has 6 aromatic carbocycles. The van der Waals surface area contributed by atoms with Gasteiger partial charge in [0.2, 0.25) is 0 Å². The summed E-state index contributed by atoms with van der Waals surface area (Å²) in [5, 5.41) is 0. The minimum Gasteiger partial charge on any atom is -0.311 e. The van der Waals surface area contributed by atoms with E-state index in [0.29, 0.717) is 11.8 Å². The van der Waals surface area contributed by atoms with E-state index in [9.17, 15) is 0 Å². The SMILES string of the molecule is CCCCCCc1ccc(N(c2ccc(C)cc2)c2ccc(C3CC4CCC3CCC3CCC(CC4)C(c4ccc(N(c5ccc(C)cc5)c5ccc(CCCCCC)cc5)cc4)C3)cc2)cc1. The molecule has 6 aliphatic rings. The lowest BCUT2D eigenvalue weighted by molar-refractivity contribution is 0.145. The summed E-state index contributed by atoms with van der Waals surface area (Å²) in [6, 6.07) is 56.8. The summed E-state index contributed by atoms with van der Waals surface area (Å²) >= 11 is 0. The molecule has 0 aromatic heterocycles. The first-order valence-electron chi connectivity index (χ1n) is 27.5. The van der Waals surface area contributed by atoms with Gasteiger partial charge < -0.3 is 9.80 Å². The summed E-state index contributed by atoms with van der Waals surface area (Å²) in [6.07, 6.45) is 26.7. The average Bonchev–Trinajstić information content (AvgIpc) is 3.37. The Morgan fingerprint density at radius 3 is 0.941 bits per heavy atom. The predicted molar refractivity (Wildman–Crippen MR) is 293 cm³/mol. The van der Waals surface area contributed by atoms with Crippen LogP contribution in [0.3, 0.4) is 0 Å². The van der Waals surface area contributed by atoms with Crippen molar-refractivity contribution >= 4 is 34.1 Å². The highest BCUT2D eigenvalue weighted by Gasteiger charge is 2.37. The van der Waals surface area contributed by atoms with Gasteiger partial charge in [-0.15, -0.1) is 0 Å². The molecule has 2 atom stereocenters. The van der Waals surface area contributed by atoms with Crippen LogP contribution in [0.25, 0.3) is 0 Å². The summed E-state index contributed by atoms with van der Waals surface area (Å²) in [5.41, 5.74) is 16.1. The zero-order valence-electron chi connectivity index (χ0n) is 42.4. The molecule has 6 aliphatic carbocycles. The lowest BCUT2D eigenvalue weighted by Crippen LogP contribution is -2.29. The van der Waals surface area contributed by atoms with Crippen molar-refractivity contribution in [3.05, 3.63) is 179 Å². The van der Waals surface area contributed by atoms with Crippen LogP contribution >= 0.6 is 0 Å². The lowest BCUT2D eigenvalue weighted by Gasteiger charge is -2.42. The van der Waals surface area contributed by atoms with E-state index in [2.05, 4.69) is 183 Å². The summed E-state index contributed by atoms with van der Waals surface area (Å²) in [6.45, 7) is 8.96. The second-order valence-corrected chi connectivity index (χ2v) is 21.7. The van der Waals surface area contributed by atoms with Gasteiger partial charge in [0.1, 0.15) is 0 Å². The van der Waals surface area contributed by atoms with Crippen molar-refractivity contribution in [1.82, 2.24) is 0 Å². The Labute approximate surface area is 412 Å². The van der Waals surface area contributed by atoms with E-state index in [1.807, 2.05) is 0 Å². The Bertz CT molecular complexity index is 2240. The van der Waals surface area contributed by atoms with Crippen LogP contribution in [0, 0.1) is 37.5 Å². The van der Waals surface area contributed by atoms with Crippen LogP contribution in [0.5, 0.6) is 0 Å². The number of unbranched alkanes of at least 4 members (excludes halogenated alkanes) is 6. The quantitative estimate of drug-likeness (QED) is 0.0793. The van der Waals surface area contributed by atoms with Gasteiger partial charge in [0, 0.05) is 34.1 Å². The Kier molecular flexibility index (Phi) is 16.6. The van der Waals surface area contributed by atoms with Gasteiger partial charge in [-0.3, -0.25) is 0 Å². The molecule has 2 unspecified atom stereocenters. The van der Waals surface area contributed by atoms with Gasteiger partial charge in [-0.05, 0) is 209 Å². The number of nitrogens with zero attached hydrogens (tertiary/aromatic N) is 2. The molecule has 0 amide bonds. The molecule has 2 nitrogen and oxygen atoms in total. The second kappa shape index (κ2) is 23.5. The Balaban J connectivity index is 0.891. The lowest BCUT2D eigenvalue weighted by atomic mass is 9.63. The van der Waals surface area contributed by atoms with E-state index in [4.69, 9.17) is 0 Å². The molecule has 356 valence electrons. The normalized spacial score (nSPS) is 21.5. The van der Waals surface area contributed by atoms with Crippen LogP contribution in [0.15, 0.2) is 146 Å². The number of aryl methyl sites for hydroxylation is 4. The molecule has 0 saturated heterocycles. The van der Waals surface area contributed by atoms with Crippen LogP contribution in [0.1, 0.15) is 175 Å². The van der Waals surface area contributed by atoms with Crippen molar-refractivity contribution in [2.24, 2.45) is 23.7 Å². The summed E-state index contributed by atoms with van der Waals surface area (Å²) < 4.78 is 0. The van der Waals surface area contributed by atoms with Crippen LogP contribution in [0.2, 0.25) is 0 Å². The number of benzene rings is 6. The molecule has 12 rings (SSSR count). The first-order valence-corrected chi connectivity index (χ1v) is 27.5. The van der Waals surface area contributed by atoms with Crippen molar-refractivity contribution < 1.29 is 0 Å². The minimum absolute atomic E-state index is 0.669. The smallest absolute Gasteiger partial charge is 0.0461 e. The van der Waals surface area contributed by atoms with E-state index in [1.165, 1.54) is 185 Å². The van der Waals surface area contributed by atoms with Crippen LogP contribution < -0.4 is 9.80 Å². The molecule has 4 bridgehead atoms. The number of rotatable bonds is 18. The standard InChI is InChI=1S/C66H82N2/c1-5-7-9-11-13-51-23-39-61(40-24-51)67(59-35-15-49(3)16-36-59)63-43-31-57(32-44-63)65-47-53-19-27-55(65)29-21-54-20-28-56(30-22-53)66(48-54)58-33-45-64(46-34-58)68(60-37-17-50(4)18-38-60)62-41-25-52(26-42-62)14-12-10-8-6-2/h15-18,23-26,31-46,53-56,65-66H,5-14,19-22,27-30,47-48H2,1-4H3. The summed E-state index contributed by atoms with van der Waals surface area (Å²) in [7, 11) is 0. The van der Waals surface area contributed by atoms with Gasteiger partial charge in [0.25, 0.3) is 0 Å². The van der Waals surface area contributed by atoms with Gasteiger partial charge in [-0.25, -0.2) is 0 Å². The van der Waals surface area contributed by atoms with Gasteiger partial charge in [-0.2, -0.15) is 0 Å². The fourth-order valence-corrected chi connectivity index (χ4v) is 12.7. The summed E-state index contributed by atoms with van der Waals surface area (Å²) in [5.74, 6) is 4.56. The molecule has 6 saturated carbocycles. The van der Waals surface area contributed by atoms with E-state index in [-0.39, 0.29) is 0 Å². The first kappa shape index (κ1) is 48.0. The second-order valence-electron chi connectivity index (χ2n) is 21.7. The fraction of sp³-hybridized carbons (Fsp3) is 0.455. The molecule has 0 N–H and O–H groups in total. The Morgan fingerprint density at radius 2 is 0.632 bits per heavy atom. The van der Waals surface area contributed by atoms with E-state index < -0.39 is 0 Å². The Morgan fingerprint density at radius 1 is 0.338 bits per heavy atom. The highest BCUT2D eigenvalue weighted by Crippen LogP contribution is 2.51. The maximum absolute atomic E-state index is 2.51. The van der Waals surface area contributed by atoms with Crippen LogP contribution in [0.4, 0.5) is 34.1 Å². The molecule has 0 heterocycles. The predicted octanol–water partition coefficient (Wildman–Crippen LogP) is 19.8. The zero-order valence-corrected chi connectivity index (χ0v) is 42.4. The Hall–Kier alpha value is -5.08. The molecule has 0 radical (unpaired) electrons. The van der Waals surface area contributed by atoms with Crippen molar-refractivity contribution in [2.45, 2.75) is 168 Å². The molecular weight excluding hydrogens is 821 g/mol. The van der Waals surface area contributed by atoms with Crippen molar-refractivity contribution in [3.63, 3.8) is 0 Å². The number of hydrogen-bond acceptors (Lipinski definition) is 2. The highest BCUT2D eigenvalue weighted by molar-refractivity contribution is 5.78. The molecule has 0 aliphatic heterocycles. The molecular formula is C66H82N2. The maximum Gasteiger partial charge on any atom is 0.0461 e. The monoisotopic (exact) mass is 903 g/mol. The molecule has 6 fully saturated rings. The highest BCUT2D eigenvalue weighted by atomic mass is 15.1. The third-order valence-electron chi connectivity index (χ3n) is 16.9. The van der Waals surface area contributed by atoms with Crippen LogP contribution in [-0.2, 0) is 12.8 Å². The van der Waals surface area contributed by atoms with Gasteiger partial charge >= 0.3 is 0 Å².